The van der Waals surface area contributed by atoms with Crippen molar-refractivity contribution in [3.05, 3.63) is 29.3 Å². The van der Waals surface area contributed by atoms with Crippen LogP contribution < -0.4 is 16.4 Å². The Hall–Kier alpha value is -1.88. The average Bonchev–Trinajstić information content (AvgIpc) is 2.42. The summed E-state index contributed by atoms with van der Waals surface area (Å²) in [7, 11) is 0. The van der Waals surface area contributed by atoms with Crippen LogP contribution >= 0.6 is 0 Å². The highest BCUT2D eigenvalue weighted by atomic mass is 16.2. The summed E-state index contributed by atoms with van der Waals surface area (Å²) < 4.78 is 0. The van der Waals surface area contributed by atoms with Crippen molar-refractivity contribution in [3.63, 3.8) is 0 Å². The molecule has 5 heteroatoms. The minimum Gasteiger partial charge on any atom is -0.366 e. The molecule has 0 saturated carbocycles. The highest BCUT2D eigenvalue weighted by Gasteiger charge is 2.38. The van der Waals surface area contributed by atoms with Gasteiger partial charge in [-0.3, -0.25) is 9.59 Å². The fourth-order valence-electron chi connectivity index (χ4n) is 3.35. The molecule has 0 bridgehead atoms. The number of carbonyl (C=O) groups is 2. The van der Waals surface area contributed by atoms with Gasteiger partial charge in [-0.2, -0.15) is 0 Å². The summed E-state index contributed by atoms with van der Waals surface area (Å²) >= 11 is 0. The van der Waals surface area contributed by atoms with E-state index in [2.05, 4.69) is 6.92 Å². The topological polar surface area (TPSA) is 89.4 Å². The molecule has 0 aliphatic carbocycles. The maximum absolute atomic E-state index is 12.0. The van der Waals surface area contributed by atoms with E-state index in [9.17, 15) is 9.59 Å². The first-order valence-corrected chi connectivity index (χ1v) is 7.37. The molecule has 0 spiro atoms. The second kappa shape index (κ2) is 5.85. The monoisotopic (exact) mass is 289 g/mol. The normalized spacial score (nSPS) is 24.6. The summed E-state index contributed by atoms with van der Waals surface area (Å²) in [4.78, 5) is 25.2. The number of benzene rings is 1. The number of rotatable bonds is 3. The van der Waals surface area contributed by atoms with Crippen LogP contribution in [0.25, 0.3) is 0 Å². The minimum absolute atomic E-state index is 0.0106. The van der Waals surface area contributed by atoms with E-state index in [1.807, 2.05) is 6.92 Å². The van der Waals surface area contributed by atoms with E-state index in [1.54, 1.807) is 30.0 Å². The Morgan fingerprint density at radius 3 is 2.52 bits per heavy atom. The van der Waals surface area contributed by atoms with Gasteiger partial charge in [-0.25, -0.2) is 0 Å². The Labute approximate surface area is 125 Å². The van der Waals surface area contributed by atoms with E-state index in [0.717, 1.165) is 24.1 Å². The van der Waals surface area contributed by atoms with E-state index in [0.29, 0.717) is 5.56 Å². The van der Waals surface area contributed by atoms with E-state index in [1.165, 1.54) is 0 Å². The number of nitrogens with two attached hydrogens (primary N) is 2. The molecule has 5 nitrogen and oxygen atoms in total. The zero-order chi connectivity index (χ0) is 15.7. The van der Waals surface area contributed by atoms with Gasteiger partial charge in [-0.15, -0.1) is 0 Å². The summed E-state index contributed by atoms with van der Waals surface area (Å²) in [6, 6.07) is 5.01. The number of amides is 2. The molecule has 0 unspecified atom stereocenters. The van der Waals surface area contributed by atoms with Crippen molar-refractivity contribution in [2.24, 2.45) is 17.4 Å². The zero-order valence-corrected chi connectivity index (χ0v) is 12.8. The number of hydrogen-bond donors (Lipinski definition) is 2. The molecule has 1 heterocycles. The third-order valence-electron chi connectivity index (χ3n) is 4.38. The quantitative estimate of drug-likeness (QED) is 0.891. The average molecular weight is 289 g/mol. The van der Waals surface area contributed by atoms with Crippen LogP contribution in [-0.2, 0) is 4.79 Å². The molecule has 3 atom stereocenters. The minimum atomic E-state index is -0.481. The third kappa shape index (κ3) is 2.65. The number of nitrogens with zero attached hydrogens (tertiary/aromatic N) is 1. The van der Waals surface area contributed by atoms with Gasteiger partial charge in [0.1, 0.15) is 0 Å². The maximum atomic E-state index is 12.0. The van der Waals surface area contributed by atoms with Crippen molar-refractivity contribution in [2.45, 2.75) is 45.7 Å². The predicted molar refractivity (Wildman–Crippen MR) is 82.9 cm³/mol. The summed E-state index contributed by atoms with van der Waals surface area (Å²) in [6.45, 7) is 5.70. The van der Waals surface area contributed by atoms with Crippen molar-refractivity contribution in [2.75, 3.05) is 4.90 Å². The van der Waals surface area contributed by atoms with Gasteiger partial charge in [-0.05, 0) is 43.0 Å². The number of hydrogen-bond acceptors (Lipinski definition) is 3. The standard InChI is InChI=1S/C16H23N3O2/c1-4-5-12-9(2)19(10(3)20)14-7-6-11(16(18)21)8-13(14)15(12)17/h6-9,12,15H,4-5,17H2,1-3H3,(H2,18,21)/t9-,12-,15+/m0/s1. The van der Waals surface area contributed by atoms with E-state index < -0.39 is 5.91 Å². The Morgan fingerprint density at radius 2 is 2.00 bits per heavy atom. The molecular weight excluding hydrogens is 266 g/mol. The maximum Gasteiger partial charge on any atom is 0.248 e. The summed E-state index contributed by atoms with van der Waals surface area (Å²) in [5.41, 5.74) is 13.8. The van der Waals surface area contributed by atoms with Gasteiger partial charge in [0.05, 0.1) is 0 Å². The van der Waals surface area contributed by atoms with Crippen LogP contribution in [0.1, 0.15) is 55.6 Å². The SMILES string of the molecule is CCC[C@@H]1[C@@H](N)c2cc(C(N)=O)ccc2N(C(C)=O)[C@H]1C. The van der Waals surface area contributed by atoms with E-state index in [4.69, 9.17) is 11.5 Å². The number of fused-ring (bicyclic) bond motifs is 1. The van der Waals surface area contributed by atoms with Gasteiger partial charge in [-0.1, -0.05) is 13.3 Å². The smallest absolute Gasteiger partial charge is 0.248 e. The molecule has 0 fully saturated rings. The largest absolute Gasteiger partial charge is 0.366 e. The van der Waals surface area contributed by atoms with Gasteiger partial charge in [0.2, 0.25) is 11.8 Å². The molecular formula is C16H23N3O2. The Morgan fingerprint density at radius 1 is 1.33 bits per heavy atom. The Balaban J connectivity index is 2.57. The van der Waals surface area contributed by atoms with Crippen LogP contribution in [0.5, 0.6) is 0 Å². The molecule has 2 amide bonds. The lowest BCUT2D eigenvalue weighted by Crippen LogP contribution is -2.49. The summed E-state index contributed by atoms with van der Waals surface area (Å²) in [5.74, 6) is -0.317. The Bertz CT molecular complexity index is 571. The van der Waals surface area contributed by atoms with Crippen LogP contribution in [0.4, 0.5) is 5.69 Å². The molecule has 114 valence electrons. The Kier molecular flexibility index (Phi) is 4.32. The first-order valence-electron chi connectivity index (χ1n) is 7.37. The first kappa shape index (κ1) is 15.5. The molecule has 2 rings (SSSR count). The molecule has 1 aromatic carbocycles. The summed E-state index contributed by atoms with van der Waals surface area (Å²) in [5, 5.41) is 0. The van der Waals surface area contributed by atoms with Crippen LogP contribution in [0.3, 0.4) is 0 Å². The fourth-order valence-corrected chi connectivity index (χ4v) is 3.35. The molecule has 4 N–H and O–H groups in total. The second-order valence-electron chi connectivity index (χ2n) is 5.75. The van der Waals surface area contributed by atoms with Gasteiger partial charge < -0.3 is 16.4 Å². The molecule has 0 aromatic heterocycles. The summed E-state index contributed by atoms with van der Waals surface area (Å²) in [6.07, 6.45) is 1.94. The van der Waals surface area contributed by atoms with Crippen LogP contribution in [0.15, 0.2) is 18.2 Å². The van der Waals surface area contributed by atoms with Crippen LogP contribution in [0, 0.1) is 5.92 Å². The van der Waals surface area contributed by atoms with Crippen LogP contribution in [0.2, 0.25) is 0 Å². The lowest BCUT2D eigenvalue weighted by Gasteiger charge is -2.44. The van der Waals surface area contributed by atoms with Gasteiger partial charge in [0.25, 0.3) is 0 Å². The fraction of sp³-hybridized carbons (Fsp3) is 0.500. The van der Waals surface area contributed by atoms with Gasteiger partial charge in [0, 0.05) is 30.3 Å². The number of anilines is 1. The number of carbonyl (C=O) groups excluding carboxylic acids is 2. The predicted octanol–water partition coefficient (Wildman–Crippen LogP) is 1.96. The number of primary amides is 1. The third-order valence-corrected chi connectivity index (χ3v) is 4.38. The van der Waals surface area contributed by atoms with Crippen molar-refractivity contribution in [1.29, 1.82) is 0 Å². The first-order chi connectivity index (χ1) is 9.88. The van der Waals surface area contributed by atoms with Crippen molar-refractivity contribution < 1.29 is 9.59 Å². The highest BCUT2D eigenvalue weighted by Crippen LogP contribution is 2.41. The van der Waals surface area contributed by atoms with E-state index >= 15 is 0 Å². The highest BCUT2D eigenvalue weighted by molar-refractivity contribution is 5.97. The van der Waals surface area contributed by atoms with Gasteiger partial charge >= 0.3 is 0 Å². The lowest BCUT2D eigenvalue weighted by atomic mass is 9.79. The molecule has 1 aliphatic heterocycles. The van der Waals surface area contributed by atoms with Gasteiger partial charge in [0.15, 0.2) is 0 Å². The molecule has 0 saturated heterocycles. The van der Waals surface area contributed by atoms with E-state index in [-0.39, 0.29) is 23.9 Å². The molecule has 1 aromatic rings. The van der Waals surface area contributed by atoms with Crippen molar-refractivity contribution in [1.82, 2.24) is 0 Å². The van der Waals surface area contributed by atoms with Crippen molar-refractivity contribution in [3.8, 4) is 0 Å². The second-order valence-corrected chi connectivity index (χ2v) is 5.75. The molecule has 0 radical (unpaired) electrons. The lowest BCUT2D eigenvalue weighted by molar-refractivity contribution is -0.117. The molecule has 1 aliphatic rings. The van der Waals surface area contributed by atoms with Crippen molar-refractivity contribution >= 4 is 17.5 Å². The zero-order valence-electron chi connectivity index (χ0n) is 12.8. The molecule has 21 heavy (non-hydrogen) atoms. The van der Waals surface area contributed by atoms with Crippen LogP contribution in [-0.4, -0.2) is 17.9 Å².